The van der Waals surface area contributed by atoms with Crippen molar-refractivity contribution in [3.8, 4) is 0 Å². The Bertz CT molecular complexity index is 453. The van der Waals surface area contributed by atoms with Crippen molar-refractivity contribution in [2.75, 3.05) is 5.32 Å². The van der Waals surface area contributed by atoms with Crippen molar-refractivity contribution in [1.82, 2.24) is 4.98 Å². The van der Waals surface area contributed by atoms with Crippen molar-refractivity contribution in [2.45, 2.75) is 37.8 Å². The van der Waals surface area contributed by atoms with Crippen LogP contribution in [0.3, 0.4) is 0 Å². The molecule has 0 aliphatic heterocycles. The number of aliphatic hydroxyl groups is 1. The van der Waals surface area contributed by atoms with Gasteiger partial charge in [-0.05, 0) is 31.7 Å². The quantitative estimate of drug-likeness (QED) is 0.727. The smallest absolute Gasteiger partial charge is 0.252 e. The summed E-state index contributed by atoms with van der Waals surface area (Å²) in [5, 5.41) is 13.1. The lowest BCUT2D eigenvalue weighted by atomic mass is 9.92. The van der Waals surface area contributed by atoms with Crippen LogP contribution in [0.4, 0.5) is 5.69 Å². The Labute approximate surface area is 110 Å². The molecule has 2 rings (SSSR count). The number of aromatic nitrogens is 1. The fourth-order valence-electron chi connectivity index (χ4n) is 2.26. The molecule has 0 aromatic carbocycles. The van der Waals surface area contributed by atoms with Crippen molar-refractivity contribution in [3.63, 3.8) is 0 Å². The average Bonchev–Trinajstić information content (AvgIpc) is 2.28. The molecule has 1 aliphatic rings. The maximum Gasteiger partial charge on any atom is 0.252 e. The van der Waals surface area contributed by atoms with Gasteiger partial charge in [-0.15, -0.1) is 0 Å². The Morgan fingerprint density at radius 1 is 1.56 bits per heavy atom. The molecule has 2 atom stereocenters. The van der Waals surface area contributed by atoms with E-state index in [0.717, 1.165) is 19.3 Å². The van der Waals surface area contributed by atoms with Crippen LogP contribution >= 0.6 is 11.6 Å². The molecule has 1 heterocycles. The van der Waals surface area contributed by atoms with Crippen LogP contribution in [0.1, 0.15) is 36.0 Å². The highest BCUT2D eigenvalue weighted by Gasteiger charge is 2.21. The Morgan fingerprint density at radius 3 is 3.00 bits per heavy atom. The molecule has 2 unspecified atom stereocenters. The molecule has 1 fully saturated rings. The average molecular weight is 270 g/mol. The van der Waals surface area contributed by atoms with E-state index in [1.54, 1.807) is 6.07 Å². The maximum atomic E-state index is 11.3. The van der Waals surface area contributed by atoms with Crippen LogP contribution in [0.15, 0.2) is 12.3 Å². The lowest BCUT2D eigenvalue weighted by Crippen LogP contribution is -2.30. The van der Waals surface area contributed by atoms with Gasteiger partial charge in [0.25, 0.3) is 5.91 Å². The monoisotopic (exact) mass is 269 g/mol. The Balaban J connectivity index is 2.16. The number of carbonyl (C=O) groups excluding carboxylic acids is 1. The Hall–Kier alpha value is -1.33. The molecule has 1 aliphatic carbocycles. The second kappa shape index (κ2) is 5.54. The number of hydrogen-bond acceptors (Lipinski definition) is 4. The summed E-state index contributed by atoms with van der Waals surface area (Å²) in [6, 6.07) is 1.72. The molecule has 98 valence electrons. The lowest BCUT2D eigenvalue weighted by Gasteiger charge is -2.28. The maximum absolute atomic E-state index is 11.3. The number of primary amides is 1. The van der Waals surface area contributed by atoms with E-state index in [1.807, 2.05) is 0 Å². The summed E-state index contributed by atoms with van der Waals surface area (Å²) in [5.74, 6) is -0.543. The van der Waals surface area contributed by atoms with Crippen LogP contribution in [0.2, 0.25) is 5.15 Å². The SMILES string of the molecule is NC(=O)c1cnc(Cl)cc1NC1CCCC(O)C1. The first-order chi connectivity index (χ1) is 8.56. The van der Waals surface area contributed by atoms with Gasteiger partial charge in [0.05, 0.1) is 17.4 Å². The van der Waals surface area contributed by atoms with Gasteiger partial charge >= 0.3 is 0 Å². The molecule has 18 heavy (non-hydrogen) atoms. The van der Waals surface area contributed by atoms with E-state index < -0.39 is 5.91 Å². The number of anilines is 1. The van der Waals surface area contributed by atoms with Gasteiger partial charge in [0.15, 0.2) is 0 Å². The van der Waals surface area contributed by atoms with Crippen molar-refractivity contribution in [3.05, 3.63) is 23.0 Å². The minimum atomic E-state index is -0.543. The highest BCUT2D eigenvalue weighted by atomic mass is 35.5. The number of rotatable bonds is 3. The van der Waals surface area contributed by atoms with E-state index in [0.29, 0.717) is 22.8 Å². The van der Waals surface area contributed by atoms with Crippen LogP contribution in [-0.2, 0) is 0 Å². The van der Waals surface area contributed by atoms with Gasteiger partial charge in [-0.2, -0.15) is 0 Å². The molecule has 0 saturated heterocycles. The van der Waals surface area contributed by atoms with Crippen molar-refractivity contribution in [1.29, 1.82) is 0 Å². The van der Waals surface area contributed by atoms with Crippen LogP contribution in [-0.4, -0.2) is 28.1 Å². The molecule has 1 aromatic rings. The largest absolute Gasteiger partial charge is 0.393 e. The van der Waals surface area contributed by atoms with E-state index in [1.165, 1.54) is 6.20 Å². The van der Waals surface area contributed by atoms with Gasteiger partial charge in [0.2, 0.25) is 0 Å². The molecule has 0 bridgehead atoms. The minimum absolute atomic E-state index is 0.130. The lowest BCUT2D eigenvalue weighted by molar-refractivity contribution is 0.100. The van der Waals surface area contributed by atoms with Gasteiger partial charge in [-0.25, -0.2) is 4.98 Å². The molecule has 6 heteroatoms. The summed E-state index contributed by atoms with van der Waals surface area (Å²) < 4.78 is 0. The summed E-state index contributed by atoms with van der Waals surface area (Å²) in [7, 11) is 0. The fourth-order valence-corrected chi connectivity index (χ4v) is 2.42. The molecular formula is C12H16ClN3O2. The van der Waals surface area contributed by atoms with Crippen molar-refractivity contribution < 1.29 is 9.90 Å². The molecule has 1 amide bonds. The third kappa shape index (κ3) is 3.11. The van der Waals surface area contributed by atoms with Crippen LogP contribution in [0.5, 0.6) is 0 Å². The zero-order valence-electron chi connectivity index (χ0n) is 9.90. The first kappa shape index (κ1) is 13.1. The van der Waals surface area contributed by atoms with Crippen LogP contribution in [0.25, 0.3) is 0 Å². The molecule has 5 nitrogen and oxygen atoms in total. The summed E-state index contributed by atoms with van der Waals surface area (Å²) in [4.78, 5) is 15.1. The molecular weight excluding hydrogens is 254 g/mol. The van der Waals surface area contributed by atoms with E-state index in [-0.39, 0.29) is 12.1 Å². The second-order valence-electron chi connectivity index (χ2n) is 4.58. The van der Waals surface area contributed by atoms with E-state index in [4.69, 9.17) is 17.3 Å². The van der Waals surface area contributed by atoms with Gasteiger partial charge < -0.3 is 16.2 Å². The van der Waals surface area contributed by atoms with Gasteiger partial charge in [0, 0.05) is 12.2 Å². The van der Waals surface area contributed by atoms with Gasteiger partial charge in [-0.1, -0.05) is 11.6 Å². The zero-order valence-corrected chi connectivity index (χ0v) is 10.7. The van der Waals surface area contributed by atoms with E-state index in [9.17, 15) is 9.90 Å². The first-order valence-electron chi connectivity index (χ1n) is 5.96. The standard InChI is InChI=1S/C12H16ClN3O2/c13-11-5-10(9(6-15-11)12(14)18)16-7-2-1-3-8(17)4-7/h5-8,17H,1-4H2,(H2,14,18)(H,15,16). The van der Waals surface area contributed by atoms with Crippen molar-refractivity contribution >= 4 is 23.2 Å². The normalized spacial score (nSPS) is 23.7. The summed E-state index contributed by atoms with van der Waals surface area (Å²) >= 11 is 5.82. The number of nitrogens with two attached hydrogens (primary N) is 1. The molecule has 4 N–H and O–H groups in total. The van der Waals surface area contributed by atoms with Crippen molar-refractivity contribution in [2.24, 2.45) is 5.73 Å². The van der Waals surface area contributed by atoms with E-state index in [2.05, 4.69) is 10.3 Å². The van der Waals surface area contributed by atoms with Gasteiger partial charge in [0.1, 0.15) is 5.15 Å². The molecule has 0 spiro atoms. The molecule has 0 radical (unpaired) electrons. The summed E-state index contributed by atoms with van der Waals surface area (Å²) in [6.07, 6.45) is 4.49. The fraction of sp³-hybridized carbons (Fsp3) is 0.500. The molecule has 1 aromatic heterocycles. The Kier molecular flexibility index (Phi) is 4.04. The highest BCUT2D eigenvalue weighted by molar-refractivity contribution is 6.29. The number of amides is 1. The number of pyridine rings is 1. The number of hydrogen-bond donors (Lipinski definition) is 3. The zero-order chi connectivity index (χ0) is 13.1. The topological polar surface area (TPSA) is 88.2 Å². The van der Waals surface area contributed by atoms with Crippen LogP contribution < -0.4 is 11.1 Å². The predicted molar refractivity (Wildman–Crippen MR) is 69.7 cm³/mol. The third-order valence-corrected chi connectivity index (χ3v) is 3.35. The first-order valence-corrected chi connectivity index (χ1v) is 6.34. The summed E-state index contributed by atoms with van der Waals surface area (Å²) in [5.41, 5.74) is 6.19. The highest BCUT2D eigenvalue weighted by Crippen LogP contribution is 2.25. The molecule has 1 saturated carbocycles. The predicted octanol–water partition coefficient (Wildman–Crippen LogP) is 1.55. The number of nitrogens with zero attached hydrogens (tertiary/aromatic N) is 1. The van der Waals surface area contributed by atoms with Gasteiger partial charge in [-0.3, -0.25) is 4.79 Å². The number of halogens is 1. The third-order valence-electron chi connectivity index (χ3n) is 3.14. The van der Waals surface area contributed by atoms with E-state index >= 15 is 0 Å². The Morgan fingerprint density at radius 2 is 2.33 bits per heavy atom. The second-order valence-corrected chi connectivity index (χ2v) is 4.97. The van der Waals surface area contributed by atoms with Crippen LogP contribution in [0, 0.1) is 0 Å². The number of nitrogens with one attached hydrogen (secondary N) is 1. The summed E-state index contributed by atoms with van der Waals surface area (Å²) in [6.45, 7) is 0. The number of carbonyl (C=O) groups is 1. The number of aliphatic hydroxyl groups excluding tert-OH is 1. The minimum Gasteiger partial charge on any atom is -0.393 e.